The third-order valence-corrected chi connectivity index (χ3v) is 2.48. The number of hydrogen-bond acceptors (Lipinski definition) is 3. The smallest absolute Gasteiger partial charge is 0.123 e. The third kappa shape index (κ3) is 2.46. The van der Waals surface area contributed by atoms with E-state index in [1.165, 1.54) is 0 Å². The number of hydrogen-bond donors (Lipinski definition) is 1. The van der Waals surface area contributed by atoms with Crippen LogP contribution in [0.5, 0.6) is 11.5 Å². The number of nitriles is 1. The van der Waals surface area contributed by atoms with Crippen molar-refractivity contribution >= 4 is 0 Å². The molecule has 0 aliphatic heterocycles. The van der Waals surface area contributed by atoms with Crippen molar-refractivity contribution in [2.24, 2.45) is 0 Å². The van der Waals surface area contributed by atoms with Crippen molar-refractivity contribution in [1.82, 2.24) is 0 Å². The Labute approximate surface area is 96.3 Å². The number of benzene rings is 1. The van der Waals surface area contributed by atoms with Crippen LogP contribution in [0.3, 0.4) is 0 Å². The van der Waals surface area contributed by atoms with Crippen LogP contribution in [0.2, 0.25) is 0 Å². The molecule has 0 bridgehead atoms. The van der Waals surface area contributed by atoms with Gasteiger partial charge in [-0.2, -0.15) is 5.26 Å². The molecule has 0 saturated heterocycles. The minimum absolute atomic E-state index is 0.150. The number of aromatic hydroxyl groups is 1. The average molecular weight is 219 g/mol. The summed E-state index contributed by atoms with van der Waals surface area (Å²) in [5.74, 6) is 0.878. The van der Waals surface area contributed by atoms with E-state index in [0.29, 0.717) is 5.75 Å². The Kier molecular flexibility index (Phi) is 3.44. The van der Waals surface area contributed by atoms with Gasteiger partial charge >= 0.3 is 0 Å². The summed E-state index contributed by atoms with van der Waals surface area (Å²) in [7, 11) is 1.57. The van der Waals surface area contributed by atoms with Gasteiger partial charge in [0.25, 0.3) is 0 Å². The molecule has 0 radical (unpaired) electrons. The molecule has 1 aromatic carbocycles. The van der Waals surface area contributed by atoms with Gasteiger partial charge in [0.1, 0.15) is 11.5 Å². The second-order valence-electron chi connectivity index (χ2n) is 4.77. The Bertz CT molecular complexity index is 425. The van der Waals surface area contributed by atoms with E-state index in [9.17, 15) is 5.11 Å². The highest BCUT2D eigenvalue weighted by Gasteiger charge is 2.20. The molecular formula is C13H17NO2. The minimum atomic E-state index is -0.150. The van der Waals surface area contributed by atoms with Crippen LogP contribution in [0.15, 0.2) is 12.1 Å². The lowest BCUT2D eigenvalue weighted by Gasteiger charge is -2.22. The fourth-order valence-electron chi connectivity index (χ4n) is 1.63. The summed E-state index contributed by atoms with van der Waals surface area (Å²) in [5, 5.41) is 18.6. The van der Waals surface area contributed by atoms with Gasteiger partial charge in [-0.15, -0.1) is 0 Å². The molecule has 0 atom stereocenters. The van der Waals surface area contributed by atoms with Crippen molar-refractivity contribution in [1.29, 1.82) is 5.26 Å². The van der Waals surface area contributed by atoms with Gasteiger partial charge in [0, 0.05) is 11.1 Å². The summed E-state index contributed by atoms with van der Waals surface area (Å²) < 4.78 is 5.23. The van der Waals surface area contributed by atoms with Crippen LogP contribution in [0.1, 0.15) is 31.9 Å². The largest absolute Gasteiger partial charge is 0.508 e. The summed E-state index contributed by atoms with van der Waals surface area (Å²) in [6.07, 6.45) is 0.237. The monoisotopic (exact) mass is 219 g/mol. The van der Waals surface area contributed by atoms with Crippen LogP contribution in [0, 0.1) is 11.3 Å². The molecule has 0 aliphatic carbocycles. The van der Waals surface area contributed by atoms with Crippen LogP contribution < -0.4 is 4.74 Å². The van der Waals surface area contributed by atoms with Crippen LogP contribution in [0.4, 0.5) is 0 Å². The van der Waals surface area contributed by atoms with Gasteiger partial charge in [-0.25, -0.2) is 0 Å². The molecule has 1 rings (SSSR count). The second kappa shape index (κ2) is 4.44. The van der Waals surface area contributed by atoms with E-state index in [0.717, 1.165) is 11.1 Å². The van der Waals surface area contributed by atoms with Gasteiger partial charge < -0.3 is 9.84 Å². The highest BCUT2D eigenvalue weighted by molar-refractivity contribution is 5.49. The molecule has 0 heterocycles. The van der Waals surface area contributed by atoms with Crippen molar-refractivity contribution in [3.63, 3.8) is 0 Å². The van der Waals surface area contributed by atoms with Crippen molar-refractivity contribution in [3.05, 3.63) is 23.3 Å². The SMILES string of the molecule is COc1cc(C(C)(C)C)c(O)cc1CC#N. The molecule has 0 amide bonds. The maximum Gasteiger partial charge on any atom is 0.123 e. The van der Waals surface area contributed by atoms with E-state index in [1.807, 2.05) is 26.8 Å². The lowest BCUT2D eigenvalue weighted by Crippen LogP contribution is -2.12. The molecule has 0 spiro atoms. The summed E-state index contributed by atoms with van der Waals surface area (Å²) in [4.78, 5) is 0. The lowest BCUT2D eigenvalue weighted by molar-refractivity contribution is 0.401. The van der Waals surface area contributed by atoms with Crippen molar-refractivity contribution in [3.8, 4) is 17.6 Å². The molecule has 1 N–H and O–H groups in total. The zero-order chi connectivity index (χ0) is 12.3. The Balaban J connectivity index is 3.33. The number of methoxy groups -OCH3 is 1. The van der Waals surface area contributed by atoms with Gasteiger partial charge in [-0.1, -0.05) is 20.8 Å². The molecule has 0 saturated carbocycles. The number of phenols is 1. The summed E-state index contributed by atoms with van der Waals surface area (Å²) in [6, 6.07) is 5.47. The van der Waals surface area contributed by atoms with Gasteiger partial charge in [0.05, 0.1) is 19.6 Å². The lowest BCUT2D eigenvalue weighted by atomic mass is 9.85. The maximum atomic E-state index is 9.91. The predicted octanol–water partition coefficient (Wildman–Crippen LogP) is 2.76. The van der Waals surface area contributed by atoms with E-state index >= 15 is 0 Å². The fourth-order valence-corrected chi connectivity index (χ4v) is 1.63. The highest BCUT2D eigenvalue weighted by atomic mass is 16.5. The normalized spacial score (nSPS) is 10.9. The van der Waals surface area contributed by atoms with Crippen LogP contribution in [0.25, 0.3) is 0 Å². The molecular weight excluding hydrogens is 202 g/mol. The van der Waals surface area contributed by atoms with Gasteiger partial charge in [-0.3, -0.25) is 0 Å². The standard InChI is InChI=1S/C13H17NO2/c1-13(2,3)10-8-12(16-4)9(5-6-14)7-11(10)15/h7-8,15H,5H2,1-4H3. The first-order valence-electron chi connectivity index (χ1n) is 5.17. The molecule has 1 aromatic rings. The first kappa shape index (κ1) is 12.4. The van der Waals surface area contributed by atoms with Crippen LogP contribution in [-0.2, 0) is 11.8 Å². The van der Waals surface area contributed by atoms with E-state index < -0.39 is 0 Å². The molecule has 16 heavy (non-hydrogen) atoms. The molecule has 86 valence electrons. The molecule has 0 aliphatic rings. The number of phenolic OH excluding ortho intramolecular Hbond substituents is 1. The quantitative estimate of drug-likeness (QED) is 0.832. The Morgan fingerprint density at radius 1 is 1.38 bits per heavy atom. The first-order valence-corrected chi connectivity index (χ1v) is 5.17. The first-order chi connectivity index (χ1) is 7.40. The van der Waals surface area contributed by atoms with Gasteiger partial charge in [0.15, 0.2) is 0 Å². The number of rotatable bonds is 2. The Morgan fingerprint density at radius 2 is 2.00 bits per heavy atom. The summed E-state index contributed by atoms with van der Waals surface area (Å²) >= 11 is 0. The zero-order valence-electron chi connectivity index (χ0n) is 10.2. The Hall–Kier alpha value is -1.69. The van der Waals surface area contributed by atoms with Crippen molar-refractivity contribution in [2.75, 3.05) is 7.11 Å². The maximum absolute atomic E-state index is 9.91. The van der Waals surface area contributed by atoms with Crippen molar-refractivity contribution in [2.45, 2.75) is 32.6 Å². The highest BCUT2D eigenvalue weighted by Crippen LogP contribution is 2.36. The van der Waals surface area contributed by atoms with E-state index in [2.05, 4.69) is 6.07 Å². The molecule has 0 aromatic heterocycles. The Morgan fingerprint density at radius 3 is 2.44 bits per heavy atom. The van der Waals surface area contributed by atoms with Gasteiger partial charge in [0.2, 0.25) is 0 Å². The summed E-state index contributed by atoms with van der Waals surface area (Å²) in [5.41, 5.74) is 1.39. The topological polar surface area (TPSA) is 53.2 Å². The van der Waals surface area contributed by atoms with Crippen molar-refractivity contribution < 1.29 is 9.84 Å². The minimum Gasteiger partial charge on any atom is -0.508 e. The van der Waals surface area contributed by atoms with Crippen LogP contribution >= 0.6 is 0 Å². The van der Waals surface area contributed by atoms with Crippen LogP contribution in [-0.4, -0.2) is 12.2 Å². The molecule has 3 heteroatoms. The number of nitrogens with zero attached hydrogens (tertiary/aromatic N) is 1. The molecule has 3 nitrogen and oxygen atoms in total. The fraction of sp³-hybridized carbons (Fsp3) is 0.462. The van der Waals surface area contributed by atoms with Gasteiger partial charge in [-0.05, 0) is 17.5 Å². The van der Waals surface area contributed by atoms with E-state index in [-0.39, 0.29) is 17.6 Å². The average Bonchev–Trinajstić information content (AvgIpc) is 2.16. The second-order valence-corrected chi connectivity index (χ2v) is 4.77. The molecule has 0 fully saturated rings. The van der Waals surface area contributed by atoms with E-state index in [1.54, 1.807) is 13.2 Å². The summed E-state index contributed by atoms with van der Waals surface area (Å²) in [6.45, 7) is 6.06. The molecule has 0 unspecified atom stereocenters. The predicted molar refractivity (Wildman–Crippen MR) is 62.7 cm³/mol. The van der Waals surface area contributed by atoms with E-state index in [4.69, 9.17) is 10.00 Å². The third-order valence-electron chi connectivity index (χ3n) is 2.48. The number of ether oxygens (including phenoxy) is 1. The zero-order valence-corrected chi connectivity index (χ0v) is 10.2.